The van der Waals surface area contributed by atoms with Crippen molar-refractivity contribution in [3.05, 3.63) is 29.6 Å². The number of benzene rings is 1. The molecule has 2 aliphatic rings. The molecule has 0 aromatic heterocycles. The van der Waals surface area contributed by atoms with Crippen LogP contribution < -0.4 is 10.6 Å². The highest BCUT2D eigenvalue weighted by molar-refractivity contribution is 6.00. The van der Waals surface area contributed by atoms with Crippen molar-refractivity contribution < 1.29 is 9.13 Å². The summed E-state index contributed by atoms with van der Waals surface area (Å²) in [6, 6.07) is 5.18. The van der Waals surface area contributed by atoms with Gasteiger partial charge in [-0.2, -0.15) is 0 Å². The number of rotatable bonds is 2. The monoisotopic (exact) mass is 277 g/mol. The van der Waals surface area contributed by atoms with E-state index < -0.39 is 5.82 Å². The van der Waals surface area contributed by atoms with Crippen molar-refractivity contribution in [2.24, 2.45) is 5.73 Å². The number of morpholine rings is 1. The summed E-state index contributed by atoms with van der Waals surface area (Å²) in [4.78, 5) is 2.19. The lowest BCUT2D eigenvalue weighted by Gasteiger charge is -2.45. The molecular formula is C15H20FN3O. The molecule has 3 N–H and O–H groups in total. The predicted molar refractivity (Wildman–Crippen MR) is 76.8 cm³/mol. The first-order chi connectivity index (χ1) is 9.68. The van der Waals surface area contributed by atoms with Crippen LogP contribution in [0.15, 0.2) is 18.2 Å². The van der Waals surface area contributed by atoms with Crippen molar-refractivity contribution in [2.45, 2.75) is 37.8 Å². The van der Waals surface area contributed by atoms with Crippen LogP contribution in [0.25, 0.3) is 0 Å². The molecule has 4 nitrogen and oxygen atoms in total. The standard InChI is InChI=1S/C15H20FN3O/c16-10-4-3-6-12(14(10)15(17)18)19-8-9-20-13-7-2-1-5-11(13)19/h3-4,6,11,13H,1-2,5,7-9H2,(H3,17,18). The quantitative estimate of drug-likeness (QED) is 0.644. The summed E-state index contributed by atoms with van der Waals surface area (Å²) in [7, 11) is 0. The molecule has 2 fully saturated rings. The molecule has 3 rings (SSSR count). The molecule has 0 amide bonds. The number of halogens is 1. The minimum atomic E-state index is -0.422. The van der Waals surface area contributed by atoms with Gasteiger partial charge in [-0.1, -0.05) is 18.9 Å². The number of nitrogen functional groups attached to an aromatic ring is 1. The van der Waals surface area contributed by atoms with Gasteiger partial charge in [0.15, 0.2) is 0 Å². The summed E-state index contributed by atoms with van der Waals surface area (Å²) in [5, 5.41) is 7.65. The van der Waals surface area contributed by atoms with Gasteiger partial charge in [0.2, 0.25) is 0 Å². The van der Waals surface area contributed by atoms with E-state index in [2.05, 4.69) is 4.90 Å². The van der Waals surface area contributed by atoms with Gasteiger partial charge in [-0.25, -0.2) is 4.39 Å². The van der Waals surface area contributed by atoms with Crippen LogP contribution in [-0.4, -0.2) is 31.1 Å². The van der Waals surface area contributed by atoms with Gasteiger partial charge in [0, 0.05) is 6.54 Å². The Hall–Kier alpha value is -1.62. The molecule has 1 aliphatic heterocycles. The second-order valence-electron chi connectivity index (χ2n) is 5.50. The summed E-state index contributed by atoms with van der Waals surface area (Å²) in [5.41, 5.74) is 6.53. The number of amidine groups is 1. The summed E-state index contributed by atoms with van der Waals surface area (Å²) in [5.74, 6) is -0.634. The molecule has 2 unspecified atom stereocenters. The first kappa shape index (κ1) is 13.4. The van der Waals surface area contributed by atoms with Crippen LogP contribution in [0.3, 0.4) is 0 Å². The molecule has 1 heterocycles. The molecule has 1 aromatic rings. The Labute approximate surface area is 118 Å². The topological polar surface area (TPSA) is 62.3 Å². The summed E-state index contributed by atoms with van der Waals surface area (Å²) in [6.45, 7) is 1.37. The Morgan fingerprint density at radius 2 is 2.15 bits per heavy atom. The fraction of sp³-hybridized carbons (Fsp3) is 0.533. The van der Waals surface area contributed by atoms with Crippen molar-refractivity contribution in [3.8, 4) is 0 Å². The van der Waals surface area contributed by atoms with Crippen LogP contribution in [0.4, 0.5) is 10.1 Å². The third-order valence-electron chi connectivity index (χ3n) is 4.30. The van der Waals surface area contributed by atoms with E-state index in [1.54, 1.807) is 6.07 Å². The Morgan fingerprint density at radius 1 is 1.35 bits per heavy atom. The molecule has 0 spiro atoms. The van der Waals surface area contributed by atoms with E-state index in [0.29, 0.717) is 6.61 Å². The smallest absolute Gasteiger partial charge is 0.136 e. The number of hydrogen-bond acceptors (Lipinski definition) is 3. The average molecular weight is 277 g/mol. The third-order valence-corrected chi connectivity index (χ3v) is 4.30. The minimum Gasteiger partial charge on any atom is -0.384 e. The van der Waals surface area contributed by atoms with E-state index in [4.69, 9.17) is 15.9 Å². The molecule has 5 heteroatoms. The Balaban J connectivity index is 1.99. The maximum Gasteiger partial charge on any atom is 0.136 e. The van der Waals surface area contributed by atoms with E-state index in [0.717, 1.165) is 25.1 Å². The minimum absolute atomic E-state index is 0.211. The number of nitrogens with two attached hydrogens (primary N) is 1. The van der Waals surface area contributed by atoms with E-state index >= 15 is 0 Å². The highest BCUT2D eigenvalue weighted by Gasteiger charge is 2.35. The third kappa shape index (κ3) is 2.26. The Morgan fingerprint density at radius 3 is 2.95 bits per heavy atom. The molecule has 1 saturated carbocycles. The van der Waals surface area contributed by atoms with Crippen LogP contribution in [0, 0.1) is 11.2 Å². The molecule has 1 aliphatic carbocycles. The molecule has 20 heavy (non-hydrogen) atoms. The van der Waals surface area contributed by atoms with Crippen molar-refractivity contribution in [1.82, 2.24) is 0 Å². The van der Waals surface area contributed by atoms with E-state index in [1.165, 1.54) is 18.9 Å². The first-order valence-corrected chi connectivity index (χ1v) is 7.19. The van der Waals surface area contributed by atoms with Crippen molar-refractivity contribution in [1.29, 1.82) is 5.41 Å². The van der Waals surface area contributed by atoms with E-state index in [-0.39, 0.29) is 23.5 Å². The van der Waals surface area contributed by atoms with Gasteiger partial charge in [-0.15, -0.1) is 0 Å². The van der Waals surface area contributed by atoms with E-state index in [1.807, 2.05) is 6.07 Å². The summed E-state index contributed by atoms with van der Waals surface area (Å²) >= 11 is 0. The maximum absolute atomic E-state index is 14.0. The van der Waals surface area contributed by atoms with Gasteiger partial charge in [-0.05, 0) is 25.0 Å². The Bertz CT molecular complexity index is 518. The van der Waals surface area contributed by atoms with Crippen LogP contribution in [0.2, 0.25) is 0 Å². The molecule has 1 saturated heterocycles. The summed E-state index contributed by atoms with van der Waals surface area (Å²) in [6.07, 6.45) is 4.70. The zero-order chi connectivity index (χ0) is 14.1. The second kappa shape index (κ2) is 5.40. The molecule has 2 atom stereocenters. The average Bonchev–Trinajstić information content (AvgIpc) is 2.46. The predicted octanol–water partition coefficient (Wildman–Crippen LogP) is 2.26. The molecular weight excluding hydrogens is 257 g/mol. The largest absolute Gasteiger partial charge is 0.384 e. The number of ether oxygens (including phenoxy) is 1. The fourth-order valence-corrected chi connectivity index (χ4v) is 3.41. The maximum atomic E-state index is 14.0. The first-order valence-electron chi connectivity index (χ1n) is 7.19. The molecule has 108 valence electrons. The normalized spacial score (nSPS) is 26.1. The van der Waals surface area contributed by atoms with Crippen LogP contribution in [0.5, 0.6) is 0 Å². The van der Waals surface area contributed by atoms with Crippen LogP contribution in [-0.2, 0) is 4.74 Å². The number of nitrogens with zero attached hydrogens (tertiary/aromatic N) is 1. The number of anilines is 1. The lowest BCUT2D eigenvalue weighted by molar-refractivity contribution is -0.00870. The van der Waals surface area contributed by atoms with E-state index in [9.17, 15) is 4.39 Å². The number of hydrogen-bond donors (Lipinski definition) is 2. The van der Waals surface area contributed by atoms with Gasteiger partial charge in [0.1, 0.15) is 11.7 Å². The zero-order valence-electron chi connectivity index (χ0n) is 11.4. The Kier molecular flexibility index (Phi) is 3.61. The van der Waals surface area contributed by atoms with Crippen LogP contribution in [0.1, 0.15) is 31.2 Å². The second-order valence-corrected chi connectivity index (χ2v) is 5.50. The lowest BCUT2D eigenvalue weighted by atomic mass is 9.89. The van der Waals surface area contributed by atoms with Crippen LogP contribution >= 0.6 is 0 Å². The highest BCUT2D eigenvalue weighted by Crippen LogP contribution is 2.34. The van der Waals surface area contributed by atoms with Gasteiger partial charge < -0.3 is 15.4 Å². The van der Waals surface area contributed by atoms with Gasteiger partial charge in [0.05, 0.1) is 30.0 Å². The van der Waals surface area contributed by atoms with Crippen molar-refractivity contribution in [2.75, 3.05) is 18.1 Å². The molecule has 0 radical (unpaired) electrons. The van der Waals surface area contributed by atoms with Gasteiger partial charge >= 0.3 is 0 Å². The SMILES string of the molecule is N=C(N)c1c(F)cccc1N1CCOC2CCCCC21. The number of fused-ring (bicyclic) bond motifs is 1. The summed E-state index contributed by atoms with van der Waals surface area (Å²) < 4.78 is 19.8. The zero-order valence-corrected chi connectivity index (χ0v) is 11.4. The molecule has 0 bridgehead atoms. The van der Waals surface area contributed by atoms with Gasteiger partial charge in [0.25, 0.3) is 0 Å². The van der Waals surface area contributed by atoms with Crippen molar-refractivity contribution in [3.63, 3.8) is 0 Å². The highest BCUT2D eigenvalue weighted by atomic mass is 19.1. The number of nitrogens with one attached hydrogen (secondary N) is 1. The van der Waals surface area contributed by atoms with Crippen molar-refractivity contribution >= 4 is 11.5 Å². The van der Waals surface area contributed by atoms with Gasteiger partial charge in [-0.3, -0.25) is 5.41 Å². The fourth-order valence-electron chi connectivity index (χ4n) is 3.41. The molecule has 1 aromatic carbocycles. The lowest BCUT2D eigenvalue weighted by Crippen LogP contribution is -2.53.